The van der Waals surface area contributed by atoms with Gasteiger partial charge < -0.3 is 15.2 Å². The fourth-order valence-electron chi connectivity index (χ4n) is 1.60. The maximum Gasteiger partial charge on any atom is 0.344 e. The predicted molar refractivity (Wildman–Crippen MR) is 86.2 cm³/mol. The first-order chi connectivity index (χ1) is 9.35. The number of carboxylic acid groups (broad SMARTS) is 1. The van der Waals surface area contributed by atoms with Crippen molar-refractivity contribution in [2.45, 2.75) is 45.9 Å². The van der Waals surface area contributed by atoms with Gasteiger partial charge in [-0.15, -0.1) is 0 Å². The first-order valence-corrected chi connectivity index (χ1v) is 8.04. The summed E-state index contributed by atoms with van der Waals surface area (Å²) in [6, 6.07) is 4.27. The maximum atomic E-state index is 11.0. The van der Waals surface area contributed by atoms with Crippen molar-refractivity contribution in [1.82, 2.24) is 5.32 Å². The number of halogens is 2. The number of carboxylic acids is 1. The highest BCUT2D eigenvalue weighted by Crippen LogP contribution is 2.35. The van der Waals surface area contributed by atoms with Crippen LogP contribution < -0.4 is 10.1 Å². The summed E-state index contributed by atoms with van der Waals surface area (Å²) in [5.41, 5.74) is 1.09. The van der Waals surface area contributed by atoms with Crippen LogP contribution in [0.3, 0.4) is 0 Å². The Morgan fingerprint density at radius 2 is 1.90 bits per heavy atom. The fourth-order valence-corrected chi connectivity index (χ4v) is 3.07. The molecule has 1 rings (SSSR count). The van der Waals surface area contributed by atoms with E-state index in [2.05, 4.69) is 51.0 Å². The zero-order chi connectivity index (χ0) is 15.3. The highest BCUT2D eigenvalue weighted by atomic mass is 79.9. The van der Waals surface area contributed by atoms with E-state index in [4.69, 9.17) is 9.84 Å². The molecule has 0 aliphatic carbocycles. The van der Waals surface area contributed by atoms with Gasteiger partial charge in [0.2, 0.25) is 0 Å². The zero-order valence-corrected chi connectivity index (χ0v) is 14.9. The van der Waals surface area contributed by atoms with Crippen molar-refractivity contribution in [1.29, 1.82) is 0 Å². The molecule has 1 aromatic carbocycles. The minimum Gasteiger partial charge on any atom is -0.479 e. The number of aliphatic carboxylic acids is 1. The summed E-state index contributed by atoms with van der Waals surface area (Å²) in [5.74, 6) is -0.440. The van der Waals surface area contributed by atoms with Gasteiger partial charge in [0.15, 0.2) is 6.10 Å². The second kappa shape index (κ2) is 8.00. The van der Waals surface area contributed by atoms with Gasteiger partial charge in [-0.1, -0.05) is 20.8 Å². The molecular weight excluding hydrogens is 390 g/mol. The first-order valence-electron chi connectivity index (χ1n) is 6.45. The minimum absolute atomic E-state index is 0.403. The Hall–Kier alpha value is -0.590. The van der Waals surface area contributed by atoms with Crippen LogP contribution in [0.25, 0.3) is 0 Å². The summed E-state index contributed by atoms with van der Waals surface area (Å²) >= 11 is 6.87. The molecule has 0 radical (unpaired) electrons. The molecule has 0 aromatic heterocycles. The van der Waals surface area contributed by atoms with Gasteiger partial charge in [-0.25, -0.2) is 4.79 Å². The molecule has 0 fully saturated rings. The van der Waals surface area contributed by atoms with Gasteiger partial charge in [-0.05, 0) is 56.0 Å². The lowest BCUT2D eigenvalue weighted by molar-refractivity contribution is -0.145. The molecule has 6 heteroatoms. The van der Waals surface area contributed by atoms with Gasteiger partial charge in [0.25, 0.3) is 0 Å². The molecule has 1 aromatic rings. The molecule has 0 aliphatic heterocycles. The average Bonchev–Trinajstić information content (AvgIpc) is 2.35. The Morgan fingerprint density at radius 1 is 1.35 bits per heavy atom. The molecule has 0 amide bonds. The van der Waals surface area contributed by atoms with Gasteiger partial charge in [0.05, 0.1) is 8.95 Å². The largest absolute Gasteiger partial charge is 0.479 e. The van der Waals surface area contributed by atoms with E-state index in [1.165, 1.54) is 0 Å². The maximum absolute atomic E-state index is 11.0. The third kappa shape index (κ3) is 5.07. The lowest BCUT2D eigenvalue weighted by atomic mass is 10.2. The first kappa shape index (κ1) is 17.5. The highest BCUT2D eigenvalue weighted by Gasteiger charge is 2.20. The van der Waals surface area contributed by atoms with Gasteiger partial charge in [-0.2, -0.15) is 0 Å². The molecular formula is C14H19Br2NO3. The predicted octanol–water partition coefficient (Wildman–Crippen LogP) is 3.95. The van der Waals surface area contributed by atoms with Gasteiger partial charge in [0.1, 0.15) is 5.75 Å². The second-order valence-electron chi connectivity index (χ2n) is 4.78. The summed E-state index contributed by atoms with van der Waals surface area (Å²) in [5, 5.41) is 12.4. The number of hydrogen-bond donors (Lipinski definition) is 2. The molecule has 0 bridgehead atoms. The molecule has 2 N–H and O–H groups in total. The Kier molecular flexibility index (Phi) is 6.99. The molecule has 0 aliphatic rings. The summed E-state index contributed by atoms with van der Waals surface area (Å²) < 4.78 is 7.04. The van der Waals surface area contributed by atoms with Crippen molar-refractivity contribution in [3.8, 4) is 5.75 Å². The SMILES string of the molecule is CCC(Oc1c(Br)cc(CNC(C)C)cc1Br)C(=O)O. The molecule has 20 heavy (non-hydrogen) atoms. The third-order valence-corrected chi connectivity index (χ3v) is 3.86. The number of benzene rings is 1. The Labute approximate surface area is 136 Å². The smallest absolute Gasteiger partial charge is 0.344 e. The standard InChI is InChI=1S/C14H19Br2NO3/c1-4-12(14(18)19)20-13-10(15)5-9(6-11(13)16)7-17-8(2)3/h5-6,8,12,17H,4,7H2,1-3H3,(H,18,19). The Balaban J connectivity index is 2.91. The van der Waals surface area contributed by atoms with E-state index >= 15 is 0 Å². The van der Waals surface area contributed by atoms with Crippen LogP contribution in [0.5, 0.6) is 5.75 Å². The van der Waals surface area contributed by atoms with Gasteiger partial charge in [0, 0.05) is 12.6 Å². The van der Waals surface area contributed by atoms with E-state index in [-0.39, 0.29) is 0 Å². The van der Waals surface area contributed by atoms with Crippen molar-refractivity contribution in [2.24, 2.45) is 0 Å². The number of rotatable bonds is 7. The topological polar surface area (TPSA) is 58.6 Å². The van der Waals surface area contributed by atoms with Crippen LogP contribution in [-0.4, -0.2) is 23.2 Å². The lowest BCUT2D eigenvalue weighted by Crippen LogP contribution is -2.26. The van der Waals surface area contributed by atoms with Crippen LogP contribution in [0.15, 0.2) is 21.1 Å². The highest BCUT2D eigenvalue weighted by molar-refractivity contribution is 9.11. The van der Waals surface area contributed by atoms with Gasteiger partial charge >= 0.3 is 5.97 Å². The van der Waals surface area contributed by atoms with E-state index in [0.29, 0.717) is 18.2 Å². The van der Waals surface area contributed by atoms with Crippen LogP contribution in [0.4, 0.5) is 0 Å². The van der Waals surface area contributed by atoms with E-state index in [0.717, 1.165) is 21.1 Å². The molecule has 0 spiro atoms. The second-order valence-corrected chi connectivity index (χ2v) is 6.49. The molecule has 1 atom stereocenters. The monoisotopic (exact) mass is 407 g/mol. The van der Waals surface area contributed by atoms with Crippen LogP contribution >= 0.6 is 31.9 Å². The minimum atomic E-state index is -0.961. The third-order valence-electron chi connectivity index (χ3n) is 2.68. The normalized spacial score (nSPS) is 12.5. The zero-order valence-electron chi connectivity index (χ0n) is 11.7. The summed E-state index contributed by atoms with van der Waals surface area (Å²) in [7, 11) is 0. The molecule has 0 saturated carbocycles. The van der Waals surface area contributed by atoms with E-state index < -0.39 is 12.1 Å². The lowest BCUT2D eigenvalue weighted by Gasteiger charge is -2.17. The number of nitrogens with one attached hydrogen (secondary N) is 1. The Morgan fingerprint density at radius 3 is 2.30 bits per heavy atom. The van der Waals surface area contributed by atoms with Crippen molar-refractivity contribution < 1.29 is 14.6 Å². The fraction of sp³-hybridized carbons (Fsp3) is 0.500. The molecule has 1 unspecified atom stereocenters. The summed E-state index contributed by atoms with van der Waals surface area (Å²) in [6.45, 7) is 6.69. The molecule has 4 nitrogen and oxygen atoms in total. The number of carbonyl (C=O) groups is 1. The molecule has 0 heterocycles. The average molecular weight is 409 g/mol. The quantitative estimate of drug-likeness (QED) is 0.716. The summed E-state index contributed by atoms with van der Waals surface area (Å²) in [4.78, 5) is 11.0. The van der Waals surface area contributed by atoms with Crippen LogP contribution in [0.2, 0.25) is 0 Å². The van der Waals surface area contributed by atoms with Gasteiger partial charge in [-0.3, -0.25) is 0 Å². The summed E-state index contributed by atoms with van der Waals surface area (Å²) in [6.07, 6.45) is -0.438. The van der Waals surface area contributed by atoms with Crippen LogP contribution in [0, 0.1) is 0 Å². The van der Waals surface area contributed by atoms with E-state index in [1.54, 1.807) is 6.92 Å². The van der Waals surface area contributed by atoms with E-state index in [9.17, 15) is 4.79 Å². The molecule has 0 saturated heterocycles. The number of hydrogen-bond acceptors (Lipinski definition) is 3. The van der Waals surface area contributed by atoms with Crippen molar-refractivity contribution in [3.05, 3.63) is 26.6 Å². The van der Waals surface area contributed by atoms with Crippen molar-refractivity contribution >= 4 is 37.8 Å². The van der Waals surface area contributed by atoms with Crippen LogP contribution in [0.1, 0.15) is 32.8 Å². The Bertz CT molecular complexity index is 454. The number of ether oxygens (including phenoxy) is 1. The van der Waals surface area contributed by atoms with Crippen molar-refractivity contribution in [2.75, 3.05) is 0 Å². The van der Waals surface area contributed by atoms with Crippen LogP contribution in [-0.2, 0) is 11.3 Å². The van der Waals surface area contributed by atoms with E-state index in [1.807, 2.05) is 12.1 Å². The van der Waals surface area contributed by atoms with Crippen molar-refractivity contribution in [3.63, 3.8) is 0 Å². The molecule has 112 valence electrons.